The monoisotopic (exact) mass is 341 g/mol. The highest BCUT2D eigenvalue weighted by molar-refractivity contribution is 5.95. The number of hydrogen-bond donors (Lipinski definition) is 1. The van der Waals surface area contributed by atoms with E-state index in [4.69, 9.17) is 14.6 Å². The number of hydrogen-bond acceptors (Lipinski definition) is 5. The molecule has 24 heavy (non-hydrogen) atoms. The van der Waals surface area contributed by atoms with Crippen molar-refractivity contribution in [2.75, 3.05) is 39.5 Å². The summed E-state index contributed by atoms with van der Waals surface area (Å²) in [4.78, 5) is 25.3. The van der Waals surface area contributed by atoms with Crippen LogP contribution in [0.3, 0.4) is 0 Å². The van der Waals surface area contributed by atoms with Gasteiger partial charge in [-0.2, -0.15) is 0 Å². The Kier molecular flexibility index (Phi) is 9.00. The van der Waals surface area contributed by atoms with Crippen LogP contribution in [0.5, 0.6) is 0 Å². The predicted molar refractivity (Wildman–Crippen MR) is 91.9 cm³/mol. The van der Waals surface area contributed by atoms with Crippen molar-refractivity contribution in [2.24, 2.45) is 5.41 Å². The Labute approximate surface area is 144 Å². The minimum atomic E-state index is -1.11. The van der Waals surface area contributed by atoms with Crippen LogP contribution in [0.2, 0.25) is 0 Å². The second-order valence-corrected chi connectivity index (χ2v) is 7.37. The number of carbonyl (C=O) groups is 2. The van der Waals surface area contributed by atoms with Crippen LogP contribution in [0, 0.1) is 5.41 Å². The quantitative estimate of drug-likeness (QED) is 0.394. The van der Waals surface area contributed by atoms with E-state index in [9.17, 15) is 9.59 Å². The molecule has 1 aliphatic heterocycles. The van der Waals surface area contributed by atoms with Crippen LogP contribution in [0.25, 0.3) is 0 Å². The minimum absolute atomic E-state index is 0.0785. The van der Waals surface area contributed by atoms with Gasteiger partial charge in [-0.05, 0) is 37.6 Å². The van der Waals surface area contributed by atoms with Crippen LogP contribution in [-0.4, -0.2) is 61.4 Å². The first-order valence-electron chi connectivity index (χ1n) is 8.69. The zero-order valence-corrected chi connectivity index (χ0v) is 15.2. The normalized spacial score (nSPS) is 16.9. The molecular weight excluding hydrogens is 310 g/mol. The third kappa shape index (κ3) is 9.67. The summed E-state index contributed by atoms with van der Waals surface area (Å²) in [5.74, 6) is -1.61. The lowest BCUT2D eigenvalue weighted by atomic mass is 9.93. The first-order chi connectivity index (χ1) is 11.3. The van der Waals surface area contributed by atoms with Crippen molar-refractivity contribution in [3.05, 3.63) is 11.6 Å². The van der Waals surface area contributed by atoms with Crippen molar-refractivity contribution < 1.29 is 24.2 Å². The maximum atomic E-state index is 12.1. The molecule has 0 aliphatic carbocycles. The first kappa shape index (κ1) is 20.6. The average molecular weight is 341 g/mol. The zero-order chi connectivity index (χ0) is 18.0. The van der Waals surface area contributed by atoms with Crippen molar-refractivity contribution in [2.45, 2.75) is 46.5 Å². The van der Waals surface area contributed by atoms with Crippen molar-refractivity contribution in [3.8, 4) is 0 Å². The van der Waals surface area contributed by atoms with E-state index in [1.807, 2.05) is 0 Å². The molecule has 1 aliphatic rings. The molecule has 1 saturated heterocycles. The van der Waals surface area contributed by atoms with Crippen LogP contribution < -0.4 is 0 Å². The molecule has 0 radical (unpaired) electrons. The summed E-state index contributed by atoms with van der Waals surface area (Å²) in [5.41, 5.74) is 0.327. The van der Waals surface area contributed by atoms with Gasteiger partial charge < -0.3 is 14.6 Å². The molecule has 1 heterocycles. The molecule has 0 spiro atoms. The number of carboxylic acids is 1. The number of aliphatic carboxylic acids is 1. The van der Waals surface area contributed by atoms with Crippen molar-refractivity contribution in [1.29, 1.82) is 0 Å². The third-order valence-corrected chi connectivity index (χ3v) is 3.92. The van der Waals surface area contributed by atoms with E-state index in [0.29, 0.717) is 13.0 Å². The lowest BCUT2D eigenvalue weighted by Gasteiger charge is -2.26. The topological polar surface area (TPSA) is 76.1 Å². The van der Waals surface area contributed by atoms with Crippen LogP contribution in [0.4, 0.5) is 0 Å². The predicted octanol–water partition coefficient (Wildman–Crippen LogP) is 2.48. The van der Waals surface area contributed by atoms with Crippen LogP contribution >= 0.6 is 0 Å². The Morgan fingerprint density at radius 2 is 1.88 bits per heavy atom. The number of rotatable bonds is 9. The lowest BCUT2D eigenvalue weighted by molar-refractivity contribution is -0.140. The largest absolute Gasteiger partial charge is 0.478 e. The van der Waals surface area contributed by atoms with E-state index in [0.717, 1.165) is 58.2 Å². The van der Waals surface area contributed by atoms with Gasteiger partial charge in [-0.25, -0.2) is 9.59 Å². The molecular formula is C18H31NO5. The minimum Gasteiger partial charge on any atom is -0.478 e. The molecule has 0 atom stereocenters. The standard InChI is InChI=1S/C18H31NO5/c1-18(2,3)7-11-24-17(22)15(14-16(20)21)6-4-5-8-19-9-12-23-13-10-19/h14H,4-13H2,1-3H3,(H,20,21)/b15-14+. The smallest absolute Gasteiger partial charge is 0.334 e. The third-order valence-electron chi connectivity index (χ3n) is 3.92. The molecule has 0 aromatic rings. The number of nitrogens with zero attached hydrogens (tertiary/aromatic N) is 1. The Hall–Kier alpha value is -1.40. The van der Waals surface area contributed by atoms with Gasteiger partial charge in [-0.15, -0.1) is 0 Å². The molecule has 138 valence electrons. The van der Waals surface area contributed by atoms with Crippen LogP contribution in [0.15, 0.2) is 11.6 Å². The fourth-order valence-corrected chi connectivity index (χ4v) is 2.40. The summed E-state index contributed by atoms with van der Waals surface area (Å²) in [5, 5.41) is 8.94. The molecule has 0 aromatic carbocycles. The molecule has 1 rings (SSSR count). The van der Waals surface area contributed by atoms with Crippen molar-refractivity contribution in [1.82, 2.24) is 4.90 Å². The van der Waals surface area contributed by atoms with Gasteiger partial charge in [0.2, 0.25) is 0 Å². The van der Waals surface area contributed by atoms with Gasteiger partial charge in [0.25, 0.3) is 0 Å². The van der Waals surface area contributed by atoms with Crippen LogP contribution in [-0.2, 0) is 19.1 Å². The van der Waals surface area contributed by atoms with Gasteiger partial charge in [-0.1, -0.05) is 20.8 Å². The summed E-state index contributed by atoms with van der Waals surface area (Å²) >= 11 is 0. The first-order valence-corrected chi connectivity index (χ1v) is 8.69. The molecule has 0 unspecified atom stereocenters. The SMILES string of the molecule is CC(C)(C)CCOC(=O)/C(=C/C(=O)O)CCCCN1CCOCC1. The number of unbranched alkanes of at least 4 members (excludes halogenated alkanes) is 1. The molecule has 1 N–H and O–H groups in total. The molecule has 0 saturated carbocycles. The highest BCUT2D eigenvalue weighted by atomic mass is 16.5. The van der Waals surface area contributed by atoms with Gasteiger partial charge in [0.1, 0.15) is 0 Å². The molecule has 0 aromatic heterocycles. The van der Waals surface area contributed by atoms with Crippen molar-refractivity contribution in [3.63, 3.8) is 0 Å². The van der Waals surface area contributed by atoms with Crippen LogP contribution in [0.1, 0.15) is 46.5 Å². The Morgan fingerprint density at radius 3 is 2.46 bits per heavy atom. The van der Waals surface area contributed by atoms with E-state index >= 15 is 0 Å². The highest BCUT2D eigenvalue weighted by Crippen LogP contribution is 2.19. The van der Waals surface area contributed by atoms with Gasteiger partial charge >= 0.3 is 11.9 Å². The average Bonchev–Trinajstić information content (AvgIpc) is 2.49. The van der Waals surface area contributed by atoms with Crippen molar-refractivity contribution >= 4 is 11.9 Å². The summed E-state index contributed by atoms with van der Waals surface area (Å²) in [6.07, 6.45) is 3.85. The molecule has 6 nitrogen and oxygen atoms in total. The van der Waals surface area contributed by atoms with E-state index in [2.05, 4.69) is 25.7 Å². The number of ether oxygens (including phenoxy) is 2. The molecule has 1 fully saturated rings. The van der Waals surface area contributed by atoms with Gasteiger partial charge in [0.05, 0.1) is 19.8 Å². The Balaban J connectivity index is 2.35. The number of carbonyl (C=O) groups excluding carboxylic acids is 1. The van der Waals surface area contributed by atoms with Gasteiger partial charge in [-0.3, -0.25) is 4.90 Å². The van der Waals surface area contributed by atoms with E-state index in [-0.39, 0.29) is 11.0 Å². The molecule has 0 amide bonds. The summed E-state index contributed by atoms with van der Waals surface area (Å²) in [6.45, 7) is 10.9. The fourth-order valence-electron chi connectivity index (χ4n) is 2.40. The Bertz CT molecular complexity index is 433. The number of esters is 1. The van der Waals surface area contributed by atoms with Gasteiger partial charge in [0.15, 0.2) is 0 Å². The maximum absolute atomic E-state index is 12.1. The summed E-state index contributed by atoms with van der Waals surface area (Å²) < 4.78 is 10.5. The van der Waals surface area contributed by atoms with E-state index in [1.165, 1.54) is 0 Å². The zero-order valence-electron chi connectivity index (χ0n) is 15.2. The number of carboxylic acid groups (broad SMARTS) is 1. The Morgan fingerprint density at radius 1 is 1.21 bits per heavy atom. The van der Waals surface area contributed by atoms with E-state index < -0.39 is 11.9 Å². The summed E-state index contributed by atoms with van der Waals surface area (Å²) in [7, 11) is 0. The molecule has 0 bridgehead atoms. The second-order valence-electron chi connectivity index (χ2n) is 7.37. The summed E-state index contributed by atoms with van der Waals surface area (Å²) in [6, 6.07) is 0. The number of morpholine rings is 1. The molecule has 6 heteroatoms. The lowest BCUT2D eigenvalue weighted by Crippen LogP contribution is -2.36. The fraction of sp³-hybridized carbons (Fsp3) is 0.778. The maximum Gasteiger partial charge on any atom is 0.334 e. The van der Waals surface area contributed by atoms with E-state index in [1.54, 1.807) is 0 Å². The van der Waals surface area contributed by atoms with Gasteiger partial charge in [0, 0.05) is 24.7 Å². The second kappa shape index (κ2) is 10.5. The highest BCUT2D eigenvalue weighted by Gasteiger charge is 2.16.